The molecule has 3 aromatic rings. The third kappa shape index (κ3) is 4.54. The van der Waals surface area contributed by atoms with Gasteiger partial charge >= 0.3 is 5.97 Å². The van der Waals surface area contributed by atoms with E-state index in [0.717, 1.165) is 4.90 Å². The number of hydrogen-bond acceptors (Lipinski definition) is 6. The highest BCUT2D eigenvalue weighted by Gasteiger charge is 2.35. The van der Waals surface area contributed by atoms with Gasteiger partial charge < -0.3 is 4.74 Å². The quantitative estimate of drug-likeness (QED) is 0.351. The van der Waals surface area contributed by atoms with Gasteiger partial charge in [0.2, 0.25) is 0 Å². The molecule has 9 heteroatoms. The van der Waals surface area contributed by atoms with Crippen molar-refractivity contribution in [3.8, 4) is 0 Å². The Bertz CT molecular complexity index is 1370. The number of anilines is 1. The standard InChI is InChI=1S/C26H24N2O6S/c1-3-28(20-9-5-4-6-10-20)35(32,33)23-17-19(14-13-18(23)2)26(31)34-16-15-27-24(29)21-11-7-8-12-22(21)25(27)30/h4-14,17H,3,15-16H2,1-2H3. The van der Waals surface area contributed by atoms with Crippen LogP contribution in [0, 0.1) is 6.92 Å². The summed E-state index contributed by atoms with van der Waals surface area (Å²) >= 11 is 0. The lowest BCUT2D eigenvalue weighted by molar-refractivity contribution is 0.0420. The Morgan fingerprint density at radius 2 is 1.51 bits per heavy atom. The van der Waals surface area contributed by atoms with Crippen LogP contribution in [-0.2, 0) is 14.8 Å². The summed E-state index contributed by atoms with van der Waals surface area (Å²) in [5.74, 6) is -1.63. The van der Waals surface area contributed by atoms with Gasteiger partial charge in [0, 0.05) is 6.54 Å². The summed E-state index contributed by atoms with van der Waals surface area (Å²) in [5, 5.41) is 0. The summed E-state index contributed by atoms with van der Waals surface area (Å²) in [4.78, 5) is 38.6. The van der Waals surface area contributed by atoms with E-state index in [4.69, 9.17) is 4.74 Å². The molecule has 0 atom stereocenters. The van der Waals surface area contributed by atoms with Crippen molar-refractivity contribution in [2.75, 3.05) is 24.0 Å². The van der Waals surface area contributed by atoms with E-state index in [9.17, 15) is 22.8 Å². The van der Waals surface area contributed by atoms with Crippen LogP contribution in [0.1, 0.15) is 43.6 Å². The first-order valence-corrected chi connectivity index (χ1v) is 12.5. The van der Waals surface area contributed by atoms with Crippen molar-refractivity contribution in [1.82, 2.24) is 4.90 Å². The van der Waals surface area contributed by atoms with Crippen molar-refractivity contribution in [3.63, 3.8) is 0 Å². The van der Waals surface area contributed by atoms with Gasteiger partial charge in [-0.15, -0.1) is 0 Å². The molecule has 8 nitrogen and oxygen atoms in total. The van der Waals surface area contributed by atoms with Crippen LogP contribution in [0.25, 0.3) is 0 Å². The molecule has 0 fully saturated rings. The van der Waals surface area contributed by atoms with Gasteiger partial charge in [-0.2, -0.15) is 0 Å². The van der Waals surface area contributed by atoms with Crippen LogP contribution in [-0.4, -0.2) is 50.8 Å². The zero-order chi connectivity index (χ0) is 25.2. The number of ether oxygens (including phenoxy) is 1. The molecule has 0 radical (unpaired) electrons. The van der Waals surface area contributed by atoms with Gasteiger partial charge in [-0.25, -0.2) is 13.2 Å². The number of imide groups is 1. The van der Waals surface area contributed by atoms with Crippen LogP contribution in [0.4, 0.5) is 5.69 Å². The van der Waals surface area contributed by atoms with E-state index in [2.05, 4.69) is 0 Å². The van der Waals surface area contributed by atoms with E-state index in [1.165, 1.54) is 16.4 Å². The first-order valence-electron chi connectivity index (χ1n) is 11.1. The van der Waals surface area contributed by atoms with Crippen molar-refractivity contribution in [2.24, 2.45) is 0 Å². The summed E-state index contributed by atoms with van der Waals surface area (Å²) in [6.07, 6.45) is 0. The second kappa shape index (κ2) is 9.71. The predicted octanol–water partition coefficient (Wildman–Crippen LogP) is 3.66. The maximum atomic E-state index is 13.4. The molecule has 0 spiro atoms. The number of rotatable bonds is 8. The average molecular weight is 493 g/mol. The molecule has 0 N–H and O–H groups in total. The maximum absolute atomic E-state index is 13.4. The van der Waals surface area contributed by atoms with Crippen molar-refractivity contribution in [3.05, 3.63) is 95.1 Å². The highest BCUT2D eigenvalue weighted by Crippen LogP contribution is 2.27. The number of amides is 2. The van der Waals surface area contributed by atoms with E-state index in [0.29, 0.717) is 22.4 Å². The van der Waals surface area contributed by atoms with Gasteiger partial charge in [-0.05, 0) is 55.8 Å². The molecule has 35 heavy (non-hydrogen) atoms. The normalized spacial score (nSPS) is 13.0. The summed E-state index contributed by atoms with van der Waals surface area (Å²) in [6, 6.07) is 19.5. The van der Waals surface area contributed by atoms with Crippen molar-refractivity contribution in [1.29, 1.82) is 0 Å². The highest BCUT2D eigenvalue weighted by molar-refractivity contribution is 7.92. The fourth-order valence-corrected chi connectivity index (χ4v) is 5.69. The van der Waals surface area contributed by atoms with Gasteiger partial charge in [0.15, 0.2) is 0 Å². The molecular formula is C26H24N2O6S. The molecule has 4 rings (SSSR count). The van der Waals surface area contributed by atoms with Gasteiger partial charge in [-0.1, -0.05) is 36.4 Å². The number of sulfonamides is 1. The number of nitrogens with zero attached hydrogens (tertiary/aromatic N) is 2. The highest BCUT2D eigenvalue weighted by atomic mass is 32.2. The van der Waals surface area contributed by atoms with Crippen LogP contribution in [0.2, 0.25) is 0 Å². The molecule has 180 valence electrons. The lowest BCUT2D eigenvalue weighted by Gasteiger charge is -2.24. The Morgan fingerprint density at radius 3 is 2.11 bits per heavy atom. The van der Waals surface area contributed by atoms with Gasteiger partial charge in [0.05, 0.1) is 33.8 Å². The van der Waals surface area contributed by atoms with E-state index < -0.39 is 27.8 Å². The van der Waals surface area contributed by atoms with Crippen LogP contribution < -0.4 is 4.31 Å². The molecule has 1 heterocycles. The molecule has 0 bridgehead atoms. The van der Waals surface area contributed by atoms with E-state index in [1.807, 2.05) is 0 Å². The van der Waals surface area contributed by atoms with Crippen molar-refractivity contribution in [2.45, 2.75) is 18.7 Å². The topological polar surface area (TPSA) is 101 Å². The van der Waals surface area contributed by atoms with E-state index in [1.54, 1.807) is 74.5 Å². The van der Waals surface area contributed by atoms with Crippen molar-refractivity contribution >= 4 is 33.5 Å². The van der Waals surface area contributed by atoms with Crippen LogP contribution in [0.5, 0.6) is 0 Å². The fraction of sp³-hybridized carbons (Fsp3) is 0.192. The number of benzene rings is 3. The Labute approximate surface area is 203 Å². The molecule has 1 aliphatic heterocycles. The Morgan fingerprint density at radius 1 is 0.914 bits per heavy atom. The second-order valence-electron chi connectivity index (χ2n) is 7.93. The number of fused-ring (bicyclic) bond motifs is 1. The van der Waals surface area contributed by atoms with Crippen molar-refractivity contribution < 1.29 is 27.5 Å². The van der Waals surface area contributed by atoms with Gasteiger partial charge in [0.25, 0.3) is 21.8 Å². The fourth-order valence-electron chi connectivity index (χ4n) is 3.96. The molecule has 1 aliphatic rings. The van der Waals surface area contributed by atoms with Crippen LogP contribution in [0.15, 0.2) is 77.7 Å². The van der Waals surface area contributed by atoms with Crippen LogP contribution in [0.3, 0.4) is 0 Å². The summed E-state index contributed by atoms with van der Waals surface area (Å²) in [5.41, 5.74) is 1.69. The minimum Gasteiger partial charge on any atom is -0.460 e. The SMILES string of the molecule is CCN(c1ccccc1)S(=O)(=O)c1cc(C(=O)OCCN2C(=O)c3ccccc3C2=O)ccc1C. The minimum atomic E-state index is -3.94. The lowest BCUT2D eigenvalue weighted by atomic mass is 10.1. The number of carbonyl (C=O) groups is 3. The molecule has 0 unspecified atom stereocenters. The molecule has 3 aromatic carbocycles. The van der Waals surface area contributed by atoms with E-state index in [-0.39, 0.29) is 30.2 Å². The Hall–Kier alpha value is -3.98. The number of hydrogen-bond donors (Lipinski definition) is 0. The predicted molar refractivity (Wildman–Crippen MR) is 130 cm³/mol. The smallest absolute Gasteiger partial charge is 0.338 e. The Balaban J connectivity index is 1.48. The first-order chi connectivity index (χ1) is 16.8. The monoisotopic (exact) mass is 492 g/mol. The molecule has 0 saturated carbocycles. The summed E-state index contributed by atoms with van der Waals surface area (Å²) in [7, 11) is -3.94. The van der Waals surface area contributed by atoms with Gasteiger partial charge in [-0.3, -0.25) is 18.8 Å². The molecule has 0 saturated heterocycles. The largest absolute Gasteiger partial charge is 0.460 e. The zero-order valence-corrected chi connectivity index (χ0v) is 20.1. The lowest BCUT2D eigenvalue weighted by Crippen LogP contribution is -2.33. The number of esters is 1. The van der Waals surface area contributed by atoms with Crippen LogP contribution >= 0.6 is 0 Å². The first kappa shape index (κ1) is 24.2. The third-order valence-corrected chi connectivity index (χ3v) is 7.79. The minimum absolute atomic E-state index is 0.00185. The molecular weight excluding hydrogens is 468 g/mol. The zero-order valence-electron chi connectivity index (χ0n) is 19.3. The number of para-hydroxylation sites is 1. The molecule has 0 aromatic heterocycles. The molecule has 0 aliphatic carbocycles. The third-order valence-electron chi connectivity index (χ3n) is 5.75. The second-order valence-corrected chi connectivity index (χ2v) is 9.76. The molecule has 2 amide bonds. The maximum Gasteiger partial charge on any atom is 0.338 e. The average Bonchev–Trinajstić information content (AvgIpc) is 3.10. The number of aryl methyl sites for hydroxylation is 1. The van der Waals surface area contributed by atoms with Gasteiger partial charge in [0.1, 0.15) is 6.61 Å². The Kier molecular flexibility index (Phi) is 6.70. The summed E-state index contributed by atoms with van der Waals surface area (Å²) in [6.45, 7) is 3.28. The number of carbonyl (C=O) groups excluding carboxylic acids is 3. The summed E-state index contributed by atoms with van der Waals surface area (Å²) < 4.78 is 33.4. The van der Waals surface area contributed by atoms with E-state index >= 15 is 0 Å².